The van der Waals surface area contributed by atoms with Gasteiger partial charge in [-0.25, -0.2) is 0 Å². The highest BCUT2D eigenvalue weighted by Gasteiger charge is 2.34. The first kappa shape index (κ1) is 16.2. The van der Waals surface area contributed by atoms with Gasteiger partial charge in [-0.3, -0.25) is 9.78 Å². The van der Waals surface area contributed by atoms with Crippen LogP contribution in [0.15, 0.2) is 29.0 Å². The Morgan fingerprint density at radius 1 is 1.32 bits per heavy atom. The van der Waals surface area contributed by atoms with E-state index in [1.54, 1.807) is 24.5 Å². The van der Waals surface area contributed by atoms with Crippen molar-refractivity contribution in [3.05, 3.63) is 30.4 Å². The molecular weight excluding hydrogens is 322 g/mol. The third-order valence-corrected chi connectivity index (χ3v) is 4.87. The fraction of sp³-hybridized carbons (Fsp3) is 0.529. The van der Waals surface area contributed by atoms with E-state index in [4.69, 9.17) is 9.26 Å². The van der Waals surface area contributed by atoms with Gasteiger partial charge in [0.15, 0.2) is 0 Å². The average Bonchev–Trinajstić information content (AvgIpc) is 3.12. The Morgan fingerprint density at radius 2 is 2.12 bits per heavy atom. The lowest BCUT2D eigenvalue weighted by atomic mass is 9.84. The molecule has 3 aliphatic rings. The van der Waals surface area contributed by atoms with Crippen molar-refractivity contribution in [2.75, 3.05) is 26.2 Å². The predicted octanol–water partition coefficient (Wildman–Crippen LogP) is 0.859. The fourth-order valence-corrected chi connectivity index (χ4v) is 3.54. The smallest absolute Gasteiger partial charge is 0.252 e. The minimum atomic E-state index is -0.0902. The second kappa shape index (κ2) is 7.28. The van der Waals surface area contributed by atoms with Gasteiger partial charge in [-0.05, 0) is 44.0 Å². The minimum absolute atomic E-state index is 0.00378. The van der Waals surface area contributed by atoms with Gasteiger partial charge in [0.05, 0.1) is 0 Å². The van der Waals surface area contributed by atoms with Crippen molar-refractivity contribution in [2.45, 2.75) is 25.5 Å². The largest absolute Gasteiger partial charge is 0.362 e. The van der Waals surface area contributed by atoms with Gasteiger partial charge in [-0.1, -0.05) is 5.16 Å². The molecule has 5 heterocycles. The number of nitrogens with zero attached hydrogens (tertiary/aromatic N) is 4. The highest BCUT2D eigenvalue weighted by Crippen LogP contribution is 2.27. The molecule has 0 spiro atoms. The van der Waals surface area contributed by atoms with Gasteiger partial charge in [0, 0.05) is 30.5 Å². The maximum absolute atomic E-state index is 12.1. The molecule has 3 aliphatic heterocycles. The predicted molar refractivity (Wildman–Crippen MR) is 88.3 cm³/mol. The molecule has 1 amide bonds. The Bertz CT molecular complexity index is 712. The van der Waals surface area contributed by atoms with Crippen molar-refractivity contribution >= 4 is 5.91 Å². The molecular formula is C17H21N5O3. The summed E-state index contributed by atoms with van der Waals surface area (Å²) in [6.07, 6.45) is 5.68. The SMILES string of the molecule is O=C(COCc1nc(-c2ccncc2)no1)NC1CN2CCC1CC2. The van der Waals surface area contributed by atoms with Crippen molar-refractivity contribution in [3.8, 4) is 11.4 Å². The molecule has 8 heteroatoms. The van der Waals surface area contributed by atoms with E-state index in [1.165, 1.54) is 12.8 Å². The van der Waals surface area contributed by atoms with Gasteiger partial charge in [0.1, 0.15) is 13.2 Å². The van der Waals surface area contributed by atoms with Gasteiger partial charge in [-0.2, -0.15) is 4.98 Å². The zero-order valence-corrected chi connectivity index (χ0v) is 13.9. The first-order valence-electron chi connectivity index (χ1n) is 8.60. The van der Waals surface area contributed by atoms with Crippen molar-refractivity contribution in [1.29, 1.82) is 0 Å². The van der Waals surface area contributed by atoms with Crippen LogP contribution in [0, 0.1) is 5.92 Å². The van der Waals surface area contributed by atoms with E-state index in [0.29, 0.717) is 17.6 Å². The van der Waals surface area contributed by atoms with Gasteiger partial charge in [0.2, 0.25) is 11.7 Å². The topological polar surface area (TPSA) is 93.4 Å². The van der Waals surface area contributed by atoms with E-state index < -0.39 is 0 Å². The van der Waals surface area contributed by atoms with Crippen LogP contribution < -0.4 is 5.32 Å². The van der Waals surface area contributed by atoms with E-state index in [2.05, 4.69) is 25.3 Å². The third-order valence-electron chi connectivity index (χ3n) is 4.87. The Morgan fingerprint density at radius 3 is 2.84 bits per heavy atom. The van der Waals surface area contributed by atoms with Crippen LogP contribution in [0.4, 0.5) is 0 Å². The number of hydrogen-bond acceptors (Lipinski definition) is 7. The zero-order chi connectivity index (χ0) is 17.1. The lowest BCUT2D eigenvalue weighted by Crippen LogP contribution is -2.57. The van der Waals surface area contributed by atoms with Crippen LogP contribution >= 0.6 is 0 Å². The van der Waals surface area contributed by atoms with Crippen LogP contribution in [0.5, 0.6) is 0 Å². The number of ether oxygens (including phenoxy) is 1. The molecule has 2 aromatic rings. The number of amides is 1. The van der Waals surface area contributed by atoms with E-state index in [-0.39, 0.29) is 25.2 Å². The molecule has 0 radical (unpaired) electrons. The quantitative estimate of drug-likeness (QED) is 0.831. The van der Waals surface area contributed by atoms with E-state index in [9.17, 15) is 4.79 Å². The number of piperidine rings is 3. The van der Waals surface area contributed by atoms with Crippen molar-refractivity contribution in [1.82, 2.24) is 25.3 Å². The molecule has 0 aliphatic carbocycles. The molecule has 0 saturated carbocycles. The van der Waals surface area contributed by atoms with Crippen LogP contribution in [0.2, 0.25) is 0 Å². The summed E-state index contributed by atoms with van der Waals surface area (Å²) in [5, 5.41) is 6.99. The average molecular weight is 343 g/mol. The van der Waals surface area contributed by atoms with Crippen molar-refractivity contribution in [2.24, 2.45) is 5.92 Å². The number of rotatable bonds is 6. The Labute approximate surface area is 145 Å². The second-order valence-electron chi connectivity index (χ2n) is 6.55. The monoisotopic (exact) mass is 343 g/mol. The van der Waals surface area contributed by atoms with Gasteiger partial charge in [0.25, 0.3) is 5.89 Å². The van der Waals surface area contributed by atoms with E-state index >= 15 is 0 Å². The lowest BCUT2D eigenvalue weighted by Gasteiger charge is -2.44. The van der Waals surface area contributed by atoms with Crippen LogP contribution in [0.3, 0.4) is 0 Å². The number of carbonyl (C=O) groups is 1. The molecule has 2 bridgehead atoms. The Kier molecular flexibility index (Phi) is 4.71. The zero-order valence-electron chi connectivity index (χ0n) is 13.9. The van der Waals surface area contributed by atoms with Gasteiger partial charge >= 0.3 is 0 Å². The molecule has 3 saturated heterocycles. The standard InChI is InChI=1S/C17H21N5O3/c23-15(19-14-9-22-7-3-12(14)4-8-22)10-24-11-16-20-17(21-25-16)13-1-5-18-6-2-13/h1-2,5-6,12,14H,3-4,7-11H2,(H,19,23). The molecule has 2 aromatic heterocycles. The summed E-state index contributed by atoms with van der Waals surface area (Å²) in [6.45, 7) is 3.38. The summed E-state index contributed by atoms with van der Waals surface area (Å²) < 4.78 is 10.6. The Hall–Kier alpha value is -2.32. The number of pyridine rings is 1. The molecule has 1 N–H and O–H groups in total. The number of nitrogens with one attached hydrogen (secondary N) is 1. The first-order chi connectivity index (χ1) is 12.3. The second-order valence-corrected chi connectivity index (χ2v) is 6.55. The molecule has 5 rings (SSSR count). The highest BCUT2D eigenvalue weighted by molar-refractivity contribution is 5.77. The minimum Gasteiger partial charge on any atom is -0.362 e. The van der Waals surface area contributed by atoms with Gasteiger partial charge < -0.3 is 19.5 Å². The molecule has 3 fully saturated rings. The maximum atomic E-state index is 12.1. The molecule has 1 unspecified atom stereocenters. The lowest BCUT2D eigenvalue weighted by molar-refractivity contribution is -0.128. The summed E-state index contributed by atoms with van der Waals surface area (Å²) in [6, 6.07) is 3.86. The first-order valence-corrected chi connectivity index (χ1v) is 8.60. The number of aromatic nitrogens is 3. The molecule has 8 nitrogen and oxygen atoms in total. The highest BCUT2D eigenvalue weighted by atomic mass is 16.5. The summed E-state index contributed by atoms with van der Waals surface area (Å²) in [5.74, 6) is 1.35. The van der Waals surface area contributed by atoms with Crippen LogP contribution in [0.25, 0.3) is 11.4 Å². The molecule has 25 heavy (non-hydrogen) atoms. The summed E-state index contributed by atoms with van der Waals surface area (Å²) in [7, 11) is 0. The third kappa shape index (κ3) is 3.85. The summed E-state index contributed by atoms with van der Waals surface area (Å²) >= 11 is 0. The molecule has 132 valence electrons. The summed E-state index contributed by atoms with van der Waals surface area (Å²) in [4.78, 5) is 22.7. The van der Waals surface area contributed by atoms with E-state index in [1.807, 2.05) is 0 Å². The van der Waals surface area contributed by atoms with Crippen molar-refractivity contribution < 1.29 is 14.1 Å². The molecule has 1 atom stereocenters. The number of hydrogen-bond donors (Lipinski definition) is 1. The maximum Gasteiger partial charge on any atom is 0.252 e. The van der Waals surface area contributed by atoms with Crippen molar-refractivity contribution in [3.63, 3.8) is 0 Å². The van der Waals surface area contributed by atoms with Crippen LogP contribution in [-0.4, -0.2) is 58.2 Å². The normalized spacial score (nSPS) is 25.0. The van der Waals surface area contributed by atoms with E-state index in [0.717, 1.165) is 25.2 Å². The summed E-state index contributed by atoms with van der Waals surface area (Å²) in [5.41, 5.74) is 0.824. The number of carbonyl (C=O) groups excluding carboxylic acids is 1. The molecule has 0 aromatic carbocycles. The fourth-order valence-electron chi connectivity index (χ4n) is 3.54. The van der Waals surface area contributed by atoms with Gasteiger partial charge in [-0.15, -0.1) is 0 Å². The Balaban J connectivity index is 1.23. The number of fused-ring (bicyclic) bond motifs is 3. The van der Waals surface area contributed by atoms with Crippen LogP contribution in [0.1, 0.15) is 18.7 Å². The van der Waals surface area contributed by atoms with Crippen LogP contribution in [-0.2, 0) is 16.1 Å².